The maximum absolute atomic E-state index is 10.8. The molecule has 0 heterocycles. The maximum atomic E-state index is 10.8. The van der Waals surface area contributed by atoms with Crippen LogP contribution in [0.25, 0.3) is 0 Å². The molecule has 0 aliphatic rings. The van der Waals surface area contributed by atoms with Gasteiger partial charge in [-0.1, -0.05) is 39.0 Å². The van der Waals surface area contributed by atoms with Gasteiger partial charge in [-0.05, 0) is 6.42 Å². The third-order valence-electron chi connectivity index (χ3n) is 2.47. The summed E-state index contributed by atoms with van der Waals surface area (Å²) in [6, 6.07) is 1.26. The zero-order valence-electron chi connectivity index (χ0n) is 9.25. The first-order valence-corrected chi connectivity index (χ1v) is 5.69. The van der Waals surface area contributed by atoms with Gasteiger partial charge in [0.1, 0.15) is 0 Å². The SMILES string of the molecule is CCCCCCCCOc1cc(=O)c1=O. The van der Waals surface area contributed by atoms with Crippen molar-refractivity contribution in [1.82, 2.24) is 0 Å². The molecular weight excluding hydrogens is 192 g/mol. The lowest BCUT2D eigenvalue weighted by atomic mass is 10.1. The molecule has 1 rings (SSSR count). The van der Waals surface area contributed by atoms with Crippen LogP contribution < -0.4 is 15.6 Å². The van der Waals surface area contributed by atoms with E-state index in [1.54, 1.807) is 0 Å². The number of unbranched alkanes of at least 4 members (excludes halogenated alkanes) is 5. The Bertz CT molecular complexity index is 347. The summed E-state index contributed by atoms with van der Waals surface area (Å²) in [4.78, 5) is 21.4. The molecule has 0 saturated heterocycles. The highest BCUT2D eigenvalue weighted by Gasteiger charge is 2.09. The Balaban J connectivity index is 1.97. The lowest BCUT2D eigenvalue weighted by molar-refractivity contribution is 0.298. The van der Waals surface area contributed by atoms with Gasteiger partial charge in [0, 0.05) is 6.07 Å². The molecule has 0 unspecified atom stereocenters. The Labute approximate surface area is 89.8 Å². The molecule has 0 N–H and O–H groups in total. The minimum Gasteiger partial charge on any atom is -0.489 e. The second-order valence-corrected chi connectivity index (χ2v) is 3.82. The van der Waals surface area contributed by atoms with Crippen molar-refractivity contribution in [3.05, 3.63) is 26.5 Å². The first-order valence-electron chi connectivity index (χ1n) is 5.69. The van der Waals surface area contributed by atoms with Gasteiger partial charge in [0.2, 0.25) is 5.43 Å². The van der Waals surface area contributed by atoms with E-state index in [-0.39, 0.29) is 5.75 Å². The predicted octanol–water partition coefficient (Wildman–Crippen LogP) is 2.02. The summed E-state index contributed by atoms with van der Waals surface area (Å²) in [5.41, 5.74) is -0.908. The van der Waals surface area contributed by atoms with E-state index < -0.39 is 10.9 Å². The standard InChI is InChI=1S/C12H18O3/c1-2-3-4-5-6-7-8-15-11-9-10(13)12(11)14/h9H,2-8H2,1H3. The van der Waals surface area contributed by atoms with E-state index >= 15 is 0 Å². The number of rotatable bonds is 8. The molecular formula is C12H18O3. The van der Waals surface area contributed by atoms with Crippen molar-refractivity contribution in [2.75, 3.05) is 6.61 Å². The van der Waals surface area contributed by atoms with Gasteiger partial charge in [-0.25, -0.2) is 0 Å². The molecule has 0 aromatic heterocycles. The minimum atomic E-state index is -0.471. The lowest BCUT2D eigenvalue weighted by Gasteiger charge is -2.05. The van der Waals surface area contributed by atoms with Crippen molar-refractivity contribution in [2.24, 2.45) is 0 Å². The molecule has 1 aromatic carbocycles. The third kappa shape index (κ3) is 3.86. The highest BCUT2D eigenvalue weighted by atomic mass is 16.5. The summed E-state index contributed by atoms with van der Waals surface area (Å²) < 4.78 is 5.16. The Morgan fingerprint density at radius 3 is 2.33 bits per heavy atom. The van der Waals surface area contributed by atoms with Crippen LogP contribution in [0.3, 0.4) is 0 Å². The topological polar surface area (TPSA) is 43.4 Å². The Hall–Kier alpha value is -1.12. The molecule has 3 heteroatoms. The van der Waals surface area contributed by atoms with Crippen LogP contribution in [0.4, 0.5) is 0 Å². The van der Waals surface area contributed by atoms with Crippen LogP contribution in [0.1, 0.15) is 45.4 Å². The first kappa shape index (κ1) is 12.0. The molecule has 0 saturated carbocycles. The molecule has 3 nitrogen and oxygen atoms in total. The lowest BCUT2D eigenvalue weighted by Crippen LogP contribution is -2.30. The molecule has 1 aromatic rings. The summed E-state index contributed by atoms with van der Waals surface area (Å²) in [5.74, 6) is 0.244. The number of hydrogen-bond acceptors (Lipinski definition) is 3. The third-order valence-corrected chi connectivity index (χ3v) is 2.47. The molecule has 84 valence electrons. The van der Waals surface area contributed by atoms with E-state index in [0.29, 0.717) is 6.61 Å². The van der Waals surface area contributed by atoms with E-state index in [0.717, 1.165) is 12.8 Å². The van der Waals surface area contributed by atoms with Crippen molar-refractivity contribution in [3.8, 4) is 5.75 Å². The van der Waals surface area contributed by atoms with Crippen LogP contribution in [0.15, 0.2) is 15.7 Å². The zero-order valence-corrected chi connectivity index (χ0v) is 9.25. The summed E-state index contributed by atoms with van der Waals surface area (Å²) in [7, 11) is 0. The molecule has 0 fully saturated rings. The Morgan fingerprint density at radius 1 is 1.07 bits per heavy atom. The van der Waals surface area contributed by atoms with E-state index in [2.05, 4.69) is 6.92 Å². The van der Waals surface area contributed by atoms with E-state index in [1.807, 2.05) is 0 Å². The minimum absolute atomic E-state index is 0.244. The van der Waals surface area contributed by atoms with Crippen LogP contribution in [0.2, 0.25) is 0 Å². The fraction of sp³-hybridized carbons (Fsp3) is 0.667. The van der Waals surface area contributed by atoms with Crippen LogP contribution in [0.5, 0.6) is 5.75 Å². The Morgan fingerprint density at radius 2 is 1.73 bits per heavy atom. The van der Waals surface area contributed by atoms with E-state index in [4.69, 9.17) is 4.74 Å². The molecule has 0 aliphatic carbocycles. The van der Waals surface area contributed by atoms with Crippen LogP contribution >= 0.6 is 0 Å². The first-order chi connectivity index (χ1) is 7.25. The number of hydrogen-bond donors (Lipinski definition) is 0. The van der Waals surface area contributed by atoms with Crippen molar-refractivity contribution >= 4 is 0 Å². The second-order valence-electron chi connectivity index (χ2n) is 3.82. The molecule has 0 atom stereocenters. The van der Waals surface area contributed by atoms with Crippen LogP contribution in [0, 0.1) is 0 Å². The zero-order chi connectivity index (χ0) is 11.1. The summed E-state index contributed by atoms with van der Waals surface area (Å²) >= 11 is 0. The smallest absolute Gasteiger partial charge is 0.267 e. The summed E-state index contributed by atoms with van der Waals surface area (Å²) in [6.45, 7) is 2.74. The van der Waals surface area contributed by atoms with Gasteiger partial charge in [0.25, 0.3) is 5.43 Å². The van der Waals surface area contributed by atoms with Gasteiger partial charge < -0.3 is 4.74 Å². The maximum Gasteiger partial charge on any atom is 0.267 e. The highest BCUT2D eigenvalue weighted by molar-refractivity contribution is 5.26. The molecule has 0 radical (unpaired) electrons. The van der Waals surface area contributed by atoms with E-state index in [1.165, 1.54) is 31.7 Å². The van der Waals surface area contributed by atoms with Crippen molar-refractivity contribution in [3.63, 3.8) is 0 Å². The summed E-state index contributed by atoms with van der Waals surface area (Å²) in [6.07, 6.45) is 7.14. The second kappa shape index (κ2) is 6.38. The van der Waals surface area contributed by atoms with Crippen molar-refractivity contribution in [1.29, 1.82) is 0 Å². The van der Waals surface area contributed by atoms with E-state index in [9.17, 15) is 9.59 Å². The monoisotopic (exact) mass is 210 g/mol. The van der Waals surface area contributed by atoms with Gasteiger partial charge >= 0.3 is 0 Å². The van der Waals surface area contributed by atoms with Gasteiger partial charge in [0.05, 0.1) is 6.61 Å². The quantitative estimate of drug-likeness (QED) is 0.487. The van der Waals surface area contributed by atoms with Gasteiger partial charge in [0.15, 0.2) is 5.75 Å². The van der Waals surface area contributed by atoms with Gasteiger partial charge in [-0.2, -0.15) is 0 Å². The van der Waals surface area contributed by atoms with Crippen molar-refractivity contribution < 1.29 is 4.74 Å². The molecule has 0 amide bonds. The highest BCUT2D eigenvalue weighted by Crippen LogP contribution is 2.06. The molecule has 0 aliphatic heterocycles. The normalized spacial score (nSPS) is 10.7. The van der Waals surface area contributed by atoms with Crippen LogP contribution in [-0.2, 0) is 0 Å². The molecule has 0 spiro atoms. The number of ether oxygens (including phenoxy) is 1. The van der Waals surface area contributed by atoms with Crippen LogP contribution in [-0.4, -0.2) is 6.61 Å². The summed E-state index contributed by atoms with van der Waals surface area (Å²) in [5, 5.41) is 0. The van der Waals surface area contributed by atoms with Gasteiger partial charge in [-0.15, -0.1) is 0 Å². The van der Waals surface area contributed by atoms with Crippen molar-refractivity contribution in [2.45, 2.75) is 45.4 Å². The molecule has 0 bridgehead atoms. The predicted molar refractivity (Wildman–Crippen MR) is 60.2 cm³/mol. The average molecular weight is 210 g/mol. The average Bonchev–Trinajstić information content (AvgIpc) is 2.26. The fourth-order valence-electron chi connectivity index (χ4n) is 1.47. The Kier molecular flexibility index (Phi) is 5.08. The fourth-order valence-corrected chi connectivity index (χ4v) is 1.47. The van der Waals surface area contributed by atoms with Gasteiger partial charge in [-0.3, -0.25) is 9.59 Å². The molecule has 15 heavy (non-hydrogen) atoms. The largest absolute Gasteiger partial charge is 0.489 e.